The summed E-state index contributed by atoms with van der Waals surface area (Å²) in [6, 6.07) is 11.8. The van der Waals surface area contributed by atoms with E-state index in [1.54, 1.807) is 30.3 Å². The SMILES string of the molecule is N#Cc1cc(C(=O)Nc2ccccc2)c(N)nc1SCC(F)F. The van der Waals surface area contributed by atoms with E-state index in [1.807, 2.05) is 6.07 Å². The number of thioether (sulfide) groups is 1. The minimum absolute atomic E-state index is 0.0202. The molecule has 0 fully saturated rings. The van der Waals surface area contributed by atoms with Crippen molar-refractivity contribution in [2.45, 2.75) is 11.5 Å². The number of anilines is 2. The van der Waals surface area contributed by atoms with Crippen LogP contribution in [-0.4, -0.2) is 23.1 Å². The number of hydrogen-bond acceptors (Lipinski definition) is 5. The van der Waals surface area contributed by atoms with E-state index in [1.165, 1.54) is 6.07 Å². The van der Waals surface area contributed by atoms with Crippen molar-refractivity contribution in [2.75, 3.05) is 16.8 Å². The molecule has 0 spiro atoms. The van der Waals surface area contributed by atoms with Crippen LogP contribution in [0.3, 0.4) is 0 Å². The Balaban J connectivity index is 2.26. The van der Waals surface area contributed by atoms with E-state index in [9.17, 15) is 13.6 Å². The molecule has 0 bridgehead atoms. The van der Waals surface area contributed by atoms with E-state index >= 15 is 0 Å². The number of para-hydroxylation sites is 1. The quantitative estimate of drug-likeness (QED) is 0.820. The molecule has 1 heterocycles. The molecular weight excluding hydrogens is 322 g/mol. The summed E-state index contributed by atoms with van der Waals surface area (Å²) in [7, 11) is 0. The third kappa shape index (κ3) is 4.40. The van der Waals surface area contributed by atoms with Crippen molar-refractivity contribution in [1.82, 2.24) is 4.98 Å². The first-order valence-electron chi connectivity index (χ1n) is 6.49. The number of pyridine rings is 1. The van der Waals surface area contributed by atoms with Gasteiger partial charge in [-0.15, -0.1) is 0 Å². The normalized spacial score (nSPS) is 10.3. The Labute approximate surface area is 135 Å². The van der Waals surface area contributed by atoms with Crippen LogP contribution < -0.4 is 11.1 Å². The molecule has 3 N–H and O–H groups in total. The summed E-state index contributed by atoms with van der Waals surface area (Å²) >= 11 is 0.723. The monoisotopic (exact) mass is 334 g/mol. The van der Waals surface area contributed by atoms with Gasteiger partial charge in [-0.25, -0.2) is 13.8 Å². The molecule has 23 heavy (non-hydrogen) atoms. The lowest BCUT2D eigenvalue weighted by Crippen LogP contribution is -2.15. The second kappa shape index (κ2) is 7.56. The third-order valence-corrected chi connectivity index (χ3v) is 3.76. The smallest absolute Gasteiger partial charge is 0.259 e. The molecular formula is C15H12F2N4OS. The first kappa shape index (κ1) is 16.7. The fourth-order valence-electron chi connectivity index (χ4n) is 1.74. The number of aromatic nitrogens is 1. The lowest BCUT2D eigenvalue weighted by atomic mass is 10.2. The van der Waals surface area contributed by atoms with Crippen molar-refractivity contribution in [3.8, 4) is 6.07 Å². The number of nitriles is 1. The number of carbonyl (C=O) groups is 1. The van der Waals surface area contributed by atoms with Gasteiger partial charge >= 0.3 is 0 Å². The summed E-state index contributed by atoms with van der Waals surface area (Å²) in [4.78, 5) is 16.1. The van der Waals surface area contributed by atoms with Gasteiger partial charge in [0.15, 0.2) is 0 Å². The summed E-state index contributed by atoms with van der Waals surface area (Å²) < 4.78 is 24.6. The van der Waals surface area contributed by atoms with E-state index in [0.29, 0.717) is 5.69 Å². The van der Waals surface area contributed by atoms with Gasteiger partial charge in [0, 0.05) is 5.69 Å². The standard InChI is InChI=1S/C15H12F2N4OS/c16-12(17)8-23-15-9(7-18)6-11(13(19)21-15)14(22)20-10-4-2-1-3-5-10/h1-6,12H,8H2,(H2,19,21)(H,20,22). The van der Waals surface area contributed by atoms with Gasteiger partial charge in [0.2, 0.25) is 6.43 Å². The summed E-state index contributed by atoms with van der Waals surface area (Å²) in [5.41, 5.74) is 6.34. The zero-order valence-electron chi connectivity index (χ0n) is 11.8. The largest absolute Gasteiger partial charge is 0.383 e. The van der Waals surface area contributed by atoms with Gasteiger partial charge in [-0.2, -0.15) is 5.26 Å². The highest BCUT2D eigenvalue weighted by Gasteiger charge is 2.17. The Hall–Kier alpha value is -2.66. The van der Waals surface area contributed by atoms with Gasteiger partial charge in [-0.1, -0.05) is 30.0 Å². The molecule has 5 nitrogen and oxygen atoms in total. The molecule has 0 saturated carbocycles. The number of rotatable bonds is 5. The lowest BCUT2D eigenvalue weighted by Gasteiger charge is -2.10. The highest BCUT2D eigenvalue weighted by atomic mass is 32.2. The number of benzene rings is 1. The molecule has 0 atom stereocenters. The molecule has 1 aromatic heterocycles. The van der Waals surface area contributed by atoms with Crippen molar-refractivity contribution in [3.05, 3.63) is 47.5 Å². The Morgan fingerprint density at radius 2 is 2.09 bits per heavy atom. The topological polar surface area (TPSA) is 91.8 Å². The fraction of sp³-hybridized carbons (Fsp3) is 0.133. The molecule has 0 radical (unpaired) electrons. The molecule has 2 rings (SSSR count). The van der Waals surface area contributed by atoms with Crippen LogP contribution in [0.5, 0.6) is 0 Å². The van der Waals surface area contributed by atoms with Crippen LogP contribution in [0.25, 0.3) is 0 Å². The second-order valence-electron chi connectivity index (χ2n) is 4.41. The second-order valence-corrected chi connectivity index (χ2v) is 5.42. The maximum atomic E-state index is 12.3. The molecule has 0 aliphatic rings. The first-order valence-corrected chi connectivity index (χ1v) is 7.47. The van der Waals surface area contributed by atoms with Crippen LogP contribution in [0.4, 0.5) is 20.3 Å². The number of amides is 1. The van der Waals surface area contributed by atoms with Crippen LogP contribution in [0.2, 0.25) is 0 Å². The summed E-state index contributed by atoms with van der Waals surface area (Å²) in [5.74, 6) is -1.14. The number of hydrogen-bond donors (Lipinski definition) is 2. The molecule has 1 aromatic carbocycles. The molecule has 0 saturated heterocycles. The Morgan fingerprint density at radius 3 is 2.70 bits per heavy atom. The van der Waals surface area contributed by atoms with Gasteiger partial charge in [-0.3, -0.25) is 4.79 Å². The number of halogens is 2. The third-order valence-electron chi connectivity index (χ3n) is 2.76. The Kier molecular flexibility index (Phi) is 5.49. The molecule has 0 unspecified atom stereocenters. The molecule has 2 aromatic rings. The predicted molar refractivity (Wildman–Crippen MR) is 84.5 cm³/mol. The van der Waals surface area contributed by atoms with E-state index in [0.717, 1.165) is 11.8 Å². The number of nitrogens with two attached hydrogens (primary N) is 1. The number of nitrogens with one attached hydrogen (secondary N) is 1. The number of carbonyl (C=O) groups excluding carboxylic acids is 1. The number of nitrogens with zero attached hydrogens (tertiary/aromatic N) is 2. The highest BCUT2D eigenvalue weighted by Crippen LogP contribution is 2.26. The van der Waals surface area contributed by atoms with Gasteiger partial charge in [0.05, 0.1) is 16.9 Å². The molecule has 0 aliphatic carbocycles. The van der Waals surface area contributed by atoms with Gasteiger partial charge in [0.1, 0.15) is 16.9 Å². The Morgan fingerprint density at radius 1 is 1.39 bits per heavy atom. The maximum Gasteiger partial charge on any atom is 0.259 e. The number of nitrogen functional groups attached to an aromatic ring is 1. The van der Waals surface area contributed by atoms with E-state index in [4.69, 9.17) is 11.0 Å². The summed E-state index contributed by atoms with van der Waals surface area (Å²) in [6.45, 7) is 0. The molecule has 8 heteroatoms. The Bertz CT molecular complexity index is 747. The zero-order chi connectivity index (χ0) is 16.8. The average molecular weight is 334 g/mol. The van der Waals surface area contributed by atoms with Crippen LogP contribution >= 0.6 is 11.8 Å². The van der Waals surface area contributed by atoms with Crippen molar-refractivity contribution < 1.29 is 13.6 Å². The fourth-order valence-corrected chi connectivity index (χ4v) is 2.45. The van der Waals surface area contributed by atoms with E-state index in [-0.39, 0.29) is 22.0 Å². The minimum Gasteiger partial charge on any atom is -0.383 e. The highest BCUT2D eigenvalue weighted by molar-refractivity contribution is 7.99. The van der Waals surface area contributed by atoms with Crippen LogP contribution in [0, 0.1) is 11.3 Å². The number of alkyl halides is 2. The van der Waals surface area contributed by atoms with Crippen molar-refractivity contribution >= 4 is 29.2 Å². The predicted octanol–water partition coefficient (Wildman–Crippen LogP) is 3.14. The first-order chi connectivity index (χ1) is 11.0. The average Bonchev–Trinajstić information content (AvgIpc) is 2.53. The minimum atomic E-state index is -2.53. The molecule has 1 amide bonds. The van der Waals surface area contributed by atoms with Crippen molar-refractivity contribution in [2.24, 2.45) is 0 Å². The summed E-state index contributed by atoms with van der Waals surface area (Å²) in [6.07, 6.45) is -2.53. The van der Waals surface area contributed by atoms with Crippen LogP contribution in [0.1, 0.15) is 15.9 Å². The van der Waals surface area contributed by atoms with Crippen LogP contribution in [0.15, 0.2) is 41.4 Å². The van der Waals surface area contributed by atoms with E-state index in [2.05, 4.69) is 10.3 Å². The molecule has 118 valence electrons. The molecule has 0 aliphatic heterocycles. The zero-order valence-corrected chi connectivity index (χ0v) is 12.6. The van der Waals surface area contributed by atoms with E-state index < -0.39 is 18.1 Å². The van der Waals surface area contributed by atoms with Crippen molar-refractivity contribution in [3.63, 3.8) is 0 Å². The van der Waals surface area contributed by atoms with Crippen LogP contribution in [-0.2, 0) is 0 Å². The van der Waals surface area contributed by atoms with Crippen molar-refractivity contribution in [1.29, 1.82) is 5.26 Å². The van der Waals surface area contributed by atoms with Gasteiger partial charge in [-0.05, 0) is 18.2 Å². The summed E-state index contributed by atoms with van der Waals surface area (Å²) in [5, 5.41) is 11.8. The van der Waals surface area contributed by atoms with Gasteiger partial charge in [0.25, 0.3) is 5.91 Å². The van der Waals surface area contributed by atoms with Gasteiger partial charge < -0.3 is 11.1 Å². The lowest BCUT2D eigenvalue weighted by molar-refractivity contribution is 0.102. The maximum absolute atomic E-state index is 12.3.